The number of carboxylic acids is 1. The fourth-order valence-electron chi connectivity index (χ4n) is 3.82. The number of aromatic nitrogens is 1. The number of pyridine rings is 1. The number of aryl methyl sites for hydroxylation is 3. The molecule has 1 fully saturated rings. The number of nitrogens with one attached hydrogen (secondary N) is 1. The number of amides is 2. The zero-order chi connectivity index (χ0) is 19.2. The maximum absolute atomic E-state index is 12.3. The fraction of sp³-hybridized carbons (Fsp3) is 0.600. The second-order valence-electron chi connectivity index (χ2n) is 7.41. The summed E-state index contributed by atoms with van der Waals surface area (Å²) in [6, 6.07) is 4.27. The van der Waals surface area contributed by atoms with Gasteiger partial charge in [-0.25, -0.2) is 0 Å². The molecule has 1 atom stereocenters. The van der Waals surface area contributed by atoms with E-state index in [0.29, 0.717) is 19.5 Å². The zero-order valence-corrected chi connectivity index (χ0v) is 15.6. The van der Waals surface area contributed by atoms with Crippen LogP contribution in [-0.4, -0.2) is 52.4 Å². The summed E-state index contributed by atoms with van der Waals surface area (Å²) < 4.78 is 0. The predicted molar refractivity (Wildman–Crippen MR) is 99.1 cm³/mol. The van der Waals surface area contributed by atoms with Crippen molar-refractivity contribution >= 4 is 17.8 Å². The van der Waals surface area contributed by atoms with Gasteiger partial charge in [-0.15, -0.1) is 0 Å². The lowest BCUT2D eigenvalue weighted by Crippen LogP contribution is -2.45. The highest BCUT2D eigenvalue weighted by atomic mass is 16.4. The maximum atomic E-state index is 12.3. The Kier molecular flexibility index (Phi) is 6.42. The number of hydrogen-bond acceptors (Lipinski definition) is 4. The van der Waals surface area contributed by atoms with E-state index in [-0.39, 0.29) is 30.7 Å². The summed E-state index contributed by atoms with van der Waals surface area (Å²) in [4.78, 5) is 41.0. The van der Waals surface area contributed by atoms with Gasteiger partial charge < -0.3 is 15.3 Å². The average Bonchev–Trinajstić information content (AvgIpc) is 2.66. The summed E-state index contributed by atoms with van der Waals surface area (Å²) in [7, 11) is 0. The van der Waals surface area contributed by atoms with Crippen LogP contribution in [0.4, 0.5) is 0 Å². The lowest BCUT2D eigenvalue weighted by Gasteiger charge is -2.29. The summed E-state index contributed by atoms with van der Waals surface area (Å²) in [5.41, 5.74) is 3.67. The van der Waals surface area contributed by atoms with Gasteiger partial charge in [0.15, 0.2) is 0 Å². The minimum Gasteiger partial charge on any atom is -0.480 e. The molecule has 0 aromatic carbocycles. The van der Waals surface area contributed by atoms with E-state index in [1.54, 1.807) is 0 Å². The first-order valence-electron chi connectivity index (χ1n) is 9.78. The van der Waals surface area contributed by atoms with Crippen molar-refractivity contribution < 1.29 is 19.5 Å². The minimum atomic E-state index is -1.03. The molecule has 2 amide bonds. The van der Waals surface area contributed by atoms with Gasteiger partial charge in [-0.1, -0.05) is 6.07 Å². The Morgan fingerprint density at radius 3 is 2.85 bits per heavy atom. The monoisotopic (exact) mass is 373 g/mol. The summed E-state index contributed by atoms with van der Waals surface area (Å²) >= 11 is 0. The fourth-order valence-corrected chi connectivity index (χ4v) is 3.82. The molecule has 3 rings (SSSR count). The molecule has 7 heteroatoms. The van der Waals surface area contributed by atoms with E-state index in [4.69, 9.17) is 10.1 Å². The molecule has 146 valence electrons. The zero-order valence-electron chi connectivity index (χ0n) is 15.6. The largest absolute Gasteiger partial charge is 0.480 e. The van der Waals surface area contributed by atoms with Gasteiger partial charge in [0, 0.05) is 36.8 Å². The van der Waals surface area contributed by atoms with E-state index in [2.05, 4.69) is 17.4 Å². The standard InChI is InChI=1S/C20H27N3O4/c24-18-12-15(9-11-23(18)13-19(25)26)20(27)21-10-3-5-16-8-7-14-4-1-2-6-17(14)22-16/h7-8,15H,1-6,9-13H2,(H,21,27)(H,25,26). The maximum Gasteiger partial charge on any atom is 0.323 e. The van der Waals surface area contributed by atoms with Crippen LogP contribution in [0, 0.1) is 5.92 Å². The van der Waals surface area contributed by atoms with Crippen molar-refractivity contribution in [3.63, 3.8) is 0 Å². The number of carboxylic acid groups (broad SMARTS) is 1. The molecule has 1 saturated heterocycles. The van der Waals surface area contributed by atoms with Crippen LogP contribution < -0.4 is 5.32 Å². The number of rotatable bonds is 7. The molecule has 1 aromatic heterocycles. The van der Waals surface area contributed by atoms with E-state index in [1.165, 1.54) is 29.0 Å². The van der Waals surface area contributed by atoms with E-state index in [0.717, 1.165) is 31.4 Å². The summed E-state index contributed by atoms with van der Waals surface area (Å²) in [6.45, 7) is 0.588. The molecule has 1 aliphatic carbocycles. The number of fused-ring (bicyclic) bond motifs is 1. The third-order valence-electron chi connectivity index (χ3n) is 5.36. The van der Waals surface area contributed by atoms with Crippen molar-refractivity contribution in [1.29, 1.82) is 0 Å². The molecule has 1 aliphatic heterocycles. The number of piperidine rings is 1. The Bertz CT molecular complexity index is 719. The molecule has 2 aliphatic rings. The first kappa shape index (κ1) is 19.3. The van der Waals surface area contributed by atoms with E-state index < -0.39 is 5.97 Å². The van der Waals surface area contributed by atoms with Crippen molar-refractivity contribution in [2.24, 2.45) is 5.92 Å². The Balaban J connectivity index is 1.39. The predicted octanol–water partition coefficient (Wildman–Crippen LogP) is 1.33. The van der Waals surface area contributed by atoms with Gasteiger partial charge in [-0.05, 0) is 56.6 Å². The van der Waals surface area contributed by atoms with Crippen molar-refractivity contribution in [2.45, 2.75) is 51.4 Å². The van der Waals surface area contributed by atoms with Gasteiger partial charge in [-0.3, -0.25) is 19.4 Å². The Morgan fingerprint density at radius 2 is 2.07 bits per heavy atom. The molecule has 0 bridgehead atoms. The van der Waals surface area contributed by atoms with Crippen molar-refractivity contribution in [3.05, 3.63) is 29.1 Å². The Morgan fingerprint density at radius 1 is 1.26 bits per heavy atom. The van der Waals surface area contributed by atoms with Crippen LogP contribution in [-0.2, 0) is 33.6 Å². The highest BCUT2D eigenvalue weighted by molar-refractivity contribution is 5.88. The summed E-state index contributed by atoms with van der Waals surface area (Å²) in [6.07, 6.45) is 6.88. The number of likely N-dealkylation sites (tertiary alicyclic amines) is 1. The van der Waals surface area contributed by atoms with E-state index >= 15 is 0 Å². The van der Waals surface area contributed by atoms with Crippen LogP contribution in [0.3, 0.4) is 0 Å². The quantitative estimate of drug-likeness (QED) is 0.703. The van der Waals surface area contributed by atoms with Gasteiger partial charge in [0.25, 0.3) is 0 Å². The molecule has 0 spiro atoms. The van der Waals surface area contributed by atoms with Crippen molar-refractivity contribution in [3.8, 4) is 0 Å². The van der Waals surface area contributed by atoms with E-state index in [9.17, 15) is 14.4 Å². The average molecular weight is 373 g/mol. The molecular formula is C20H27N3O4. The number of carbonyl (C=O) groups is 3. The molecule has 0 saturated carbocycles. The van der Waals surface area contributed by atoms with Crippen LogP contribution in [0.2, 0.25) is 0 Å². The van der Waals surface area contributed by atoms with Gasteiger partial charge >= 0.3 is 5.97 Å². The molecule has 0 radical (unpaired) electrons. The second-order valence-corrected chi connectivity index (χ2v) is 7.41. The topological polar surface area (TPSA) is 99.6 Å². The first-order chi connectivity index (χ1) is 13.0. The minimum absolute atomic E-state index is 0.0888. The normalized spacial score (nSPS) is 19.5. The van der Waals surface area contributed by atoms with Crippen LogP contribution in [0.1, 0.15) is 49.1 Å². The molecule has 2 heterocycles. The van der Waals surface area contributed by atoms with Gasteiger partial charge in [0.05, 0.1) is 0 Å². The van der Waals surface area contributed by atoms with Crippen molar-refractivity contribution in [1.82, 2.24) is 15.2 Å². The van der Waals surface area contributed by atoms with Crippen LogP contribution in [0.15, 0.2) is 12.1 Å². The molecule has 2 N–H and O–H groups in total. The Labute approximate surface area is 159 Å². The first-order valence-corrected chi connectivity index (χ1v) is 9.78. The summed E-state index contributed by atoms with van der Waals surface area (Å²) in [5.74, 6) is -1.76. The summed E-state index contributed by atoms with van der Waals surface area (Å²) in [5, 5.41) is 11.7. The lowest BCUT2D eigenvalue weighted by atomic mass is 9.95. The third kappa shape index (κ3) is 5.28. The van der Waals surface area contributed by atoms with Crippen LogP contribution >= 0.6 is 0 Å². The highest BCUT2D eigenvalue weighted by Gasteiger charge is 2.31. The van der Waals surface area contributed by atoms with Gasteiger partial charge in [-0.2, -0.15) is 0 Å². The number of nitrogens with zero attached hydrogens (tertiary/aromatic N) is 2. The molecular weight excluding hydrogens is 346 g/mol. The van der Waals surface area contributed by atoms with Crippen LogP contribution in [0.25, 0.3) is 0 Å². The number of carbonyl (C=O) groups excluding carboxylic acids is 2. The van der Waals surface area contributed by atoms with E-state index in [1.807, 2.05) is 0 Å². The number of hydrogen-bond donors (Lipinski definition) is 2. The molecule has 1 aromatic rings. The molecule has 1 unspecified atom stereocenters. The van der Waals surface area contributed by atoms with Gasteiger partial charge in [0.1, 0.15) is 6.54 Å². The van der Waals surface area contributed by atoms with Crippen LogP contribution in [0.5, 0.6) is 0 Å². The lowest BCUT2D eigenvalue weighted by molar-refractivity contribution is -0.147. The third-order valence-corrected chi connectivity index (χ3v) is 5.36. The number of aliphatic carboxylic acids is 1. The second kappa shape index (κ2) is 8.97. The highest BCUT2D eigenvalue weighted by Crippen LogP contribution is 2.20. The SMILES string of the molecule is O=C(O)CN1CCC(C(=O)NCCCc2ccc3c(n2)CCCC3)CC1=O. The Hall–Kier alpha value is -2.44. The smallest absolute Gasteiger partial charge is 0.323 e. The molecule has 27 heavy (non-hydrogen) atoms. The molecule has 7 nitrogen and oxygen atoms in total. The van der Waals surface area contributed by atoms with Crippen molar-refractivity contribution in [2.75, 3.05) is 19.6 Å². The van der Waals surface area contributed by atoms with Gasteiger partial charge in [0.2, 0.25) is 11.8 Å².